The summed E-state index contributed by atoms with van der Waals surface area (Å²) in [6.07, 6.45) is 6.15. The van der Waals surface area contributed by atoms with Gasteiger partial charge in [0.2, 0.25) is 5.95 Å². The van der Waals surface area contributed by atoms with Gasteiger partial charge in [-0.1, -0.05) is 0 Å². The molecule has 0 atom stereocenters. The highest BCUT2D eigenvalue weighted by molar-refractivity contribution is 5.78. The normalized spacial score (nSPS) is 15.7. The van der Waals surface area contributed by atoms with Crippen molar-refractivity contribution in [3.8, 4) is 0 Å². The lowest BCUT2D eigenvalue weighted by atomic mass is 9.98. The van der Waals surface area contributed by atoms with Crippen LogP contribution >= 0.6 is 0 Å². The van der Waals surface area contributed by atoms with Crippen LogP contribution in [-0.4, -0.2) is 9.97 Å². The van der Waals surface area contributed by atoms with Gasteiger partial charge in [0.1, 0.15) is 11.3 Å². The molecule has 1 aliphatic carbocycles. The molecular weight excluding hydrogens is 178 g/mol. The molecule has 1 aliphatic rings. The Labute approximate surface area is 81.1 Å². The van der Waals surface area contributed by atoms with E-state index in [1.807, 2.05) is 0 Å². The molecule has 2 N–H and O–H groups in total. The van der Waals surface area contributed by atoms with Gasteiger partial charge in [-0.05, 0) is 19.3 Å². The van der Waals surface area contributed by atoms with Crippen LogP contribution in [0.3, 0.4) is 0 Å². The Kier molecular flexibility index (Phi) is 1.50. The van der Waals surface area contributed by atoms with Crippen LogP contribution in [0.15, 0.2) is 10.6 Å². The van der Waals surface area contributed by atoms with Gasteiger partial charge in [0, 0.05) is 12.0 Å². The molecule has 0 bridgehead atoms. The summed E-state index contributed by atoms with van der Waals surface area (Å²) in [5.41, 5.74) is 8.47. The maximum Gasteiger partial charge on any atom is 0.220 e. The number of hydrogen-bond acceptors (Lipinski definition) is 4. The molecule has 72 valence electrons. The Bertz CT molecular complexity index is 489. The van der Waals surface area contributed by atoms with E-state index in [9.17, 15) is 0 Å². The summed E-state index contributed by atoms with van der Waals surface area (Å²) in [7, 11) is 0. The van der Waals surface area contributed by atoms with Crippen LogP contribution in [0.1, 0.15) is 24.2 Å². The maximum atomic E-state index is 5.66. The second-order valence-electron chi connectivity index (χ2n) is 3.65. The third-order valence-electron chi connectivity index (χ3n) is 2.71. The molecule has 0 fully saturated rings. The van der Waals surface area contributed by atoms with Gasteiger partial charge in [-0.2, -0.15) is 0 Å². The highest BCUT2D eigenvalue weighted by Gasteiger charge is 2.18. The summed E-state index contributed by atoms with van der Waals surface area (Å²) >= 11 is 0. The Balaban J connectivity index is 2.32. The Morgan fingerprint density at radius 3 is 3.07 bits per heavy atom. The highest BCUT2D eigenvalue weighted by Crippen LogP contribution is 2.30. The van der Waals surface area contributed by atoms with Crippen molar-refractivity contribution in [2.75, 3.05) is 5.73 Å². The zero-order valence-electron chi connectivity index (χ0n) is 7.79. The average molecular weight is 189 g/mol. The number of nitrogens with two attached hydrogens (primary N) is 1. The second-order valence-corrected chi connectivity index (χ2v) is 3.65. The smallest absolute Gasteiger partial charge is 0.220 e. The Morgan fingerprint density at radius 1 is 1.29 bits per heavy atom. The van der Waals surface area contributed by atoms with Crippen molar-refractivity contribution in [2.45, 2.75) is 25.7 Å². The van der Waals surface area contributed by atoms with Crippen LogP contribution in [0.5, 0.6) is 0 Å². The highest BCUT2D eigenvalue weighted by atomic mass is 16.3. The Hall–Kier alpha value is -1.58. The quantitative estimate of drug-likeness (QED) is 0.684. The van der Waals surface area contributed by atoms with Gasteiger partial charge >= 0.3 is 0 Å². The lowest BCUT2D eigenvalue weighted by Crippen LogP contribution is -2.00. The average Bonchev–Trinajstić information content (AvgIpc) is 2.56. The van der Waals surface area contributed by atoms with Crippen molar-refractivity contribution in [2.24, 2.45) is 0 Å². The maximum absolute atomic E-state index is 5.66. The van der Waals surface area contributed by atoms with E-state index in [0.29, 0.717) is 5.95 Å². The zero-order valence-corrected chi connectivity index (χ0v) is 7.79. The van der Waals surface area contributed by atoms with Crippen molar-refractivity contribution in [1.82, 2.24) is 9.97 Å². The van der Waals surface area contributed by atoms with E-state index >= 15 is 0 Å². The predicted molar refractivity (Wildman–Crippen MR) is 52.9 cm³/mol. The number of aryl methyl sites for hydroxylation is 2. The summed E-state index contributed by atoms with van der Waals surface area (Å²) in [5, 5.41) is 0. The van der Waals surface area contributed by atoms with Gasteiger partial charge in [0.25, 0.3) is 0 Å². The Morgan fingerprint density at radius 2 is 2.14 bits per heavy atom. The number of fused-ring (bicyclic) bond motifs is 3. The molecule has 14 heavy (non-hydrogen) atoms. The molecule has 4 heteroatoms. The minimum atomic E-state index is 0.326. The first-order valence-electron chi connectivity index (χ1n) is 4.87. The predicted octanol–water partition coefficient (Wildman–Crippen LogP) is 1.68. The number of aromatic nitrogens is 2. The zero-order chi connectivity index (χ0) is 9.54. The fourth-order valence-electron chi connectivity index (χ4n) is 2.05. The fourth-order valence-corrected chi connectivity index (χ4v) is 2.05. The summed E-state index contributed by atoms with van der Waals surface area (Å²) < 4.78 is 5.66. The third kappa shape index (κ3) is 0.999. The molecule has 3 rings (SSSR count). The van der Waals surface area contributed by atoms with Gasteiger partial charge in [0.15, 0.2) is 5.58 Å². The summed E-state index contributed by atoms with van der Waals surface area (Å²) in [6.45, 7) is 0. The number of rotatable bonds is 0. The molecule has 0 radical (unpaired) electrons. The van der Waals surface area contributed by atoms with E-state index in [1.54, 1.807) is 6.20 Å². The van der Waals surface area contributed by atoms with Gasteiger partial charge in [0.05, 0.1) is 6.20 Å². The molecular formula is C10H11N3O. The van der Waals surface area contributed by atoms with Crippen LogP contribution in [0.2, 0.25) is 0 Å². The van der Waals surface area contributed by atoms with E-state index in [-0.39, 0.29) is 0 Å². The van der Waals surface area contributed by atoms with Gasteiger partial charge in [-0.25, -0.2) is 9.97 Å². The van der Waals surface area contributed by atoms with Crippen LogP contribution in [0, 0.1) is 0 Å². The van der Waals surface area contributed by atoms with Gasteiger partial charge in [-0.15, -0.1) is 0 Å². The molecule has 0 aliphatic heterocycles. The third-order valence-corrected chi connectivity index (χ3v) is 2.71. The van der Waals surface area contributed by atoms with E-state index in [1.165, 1.54) is 18.4 Å². The van der Waals surface area contributed by atoms with E-state index in [2.05, 4.69) is 9.97 Å². The van der Waals surface area contributed by atoms with E-state index < -0.39 is 0 Å². The fraction of sp³-hybridized carbons (Fsp3) is 0.400. The number of hydrogen-bond donors (Lipinski definition) is 1. The number of anilines is 1. The van der Waals surface area contributed by atoms with Crippen molar-refractivity contribution in [1.29, 1.82) is 0 Å². The van der Waals surface area contributed by atoms with Crippen LogP contribution in [0.25, 0.3) is 11.1 Å². The van der Waals surface area contributed by atoms with Crippen LogP contribution < -0.4 is 5.73 Å². The molecule has 0 spiro atoms. The molecule has 2 heterocycles. The van der Waals surface area contributed by atoms with Gasteiger partial charge in [-0.3, -0.25) is 0 Å². The number of nitrogens with zero attached hydrogens (tertiary/aromatic N) is 2. The van der Waals surface area contributed by atoms with Crippen LogP contribution in [0.4, 0.5) is 5.95 Å². The SMILES string of the molecule is Nc1ncc2oc3c(c2n1)CCCC3. The number of nitrogen functional groups attached to an aromatic ring is 1. The molecule has 0 aromatic carbocycles. The minimum absolute atomic E-state index is 0.326. The molecule has 4 nitrogen and oxygen atoms in total. The van der Waals surface area contributed by atoms with E-state index in [4.69, 9.17) is 10.2 Å². The minimum Gasteiger partial charge on any atom is -0.457 e. The van der Waals surface area contributed by atoms with E-state index in [0.717, 1.165) is 29.7 Å². The van der Waals surface area contributed by atoms with Crippen molar-refractivity contribution >= 4 is 17.0 Å². The molecule has 0 saturated carbocycles. The van der Waals surface area contributed by atoms with Crippen molar-refractivity contribution in [3.63, 3.8) is 0 Å². The summed E-state index contributed by atoms with van der Waals surface area (Å²) in [4.78, 5) is 8.15. The standard InChI is InChI=1S/C10H11N3O/c11-10-12-5-8-9(13-10)6-3-1-2-4-7(6)14-8/h5H,1-4H2,(H2,11,12,13). The summed E-state index contributed by atoms with van der Waals surface area (Å²) in [6, 6.07) is 0. The molecule has 2 aromatic rings. The number of furan rings is 1. The molecule has 0 unspecified atom stereocenters. The largest absolute Gasteiger partial charge is 0.457 e. The van der Waals surface area contributed by atoms with Crippen molar-refractivity contribution in [3.05, 3.63) is 17.5 Å². The lowest BCUT2D eigenvalue weighted by molar-refractivity contribution is 0.505. The molecule has 0 amide bonds. The van der Waals surface area contributed by atoms with Gasteiger partial charge < -0.3 is 10.2 Å². The molecule has 2 aromatic heterocycles. The monoisotopic (exact) mass is 189 g/mol. The topological polar surface area (TPSA) is 64.9 Å². The molecule has 0 saturated heterocycles. The first kappa shape index (κ1) is 7.79. The summed E-state index contributed by atoms with van der Waals surface area (Å²) in [5.74, 6) is 1.40. The lowest BCUT2D eigenvalue weighted by Gasteiger charge is -2.07. The first-order chi connectivity index (χ1) is 6.84. The van der Waals surface area contributed by atoms with Crippen molar-refractivity contribution < 1.29 is 4.42 Å². The first-order valence-corrected chi connectivity index (χ1v) is 4.87. The van der Waals surface area contributed by atoms with Crippen LogP contribution in [-0.2, 0) is 12.8 Å². The second kappa shape index (κ2) is 2.70.